The van der Waals surface area contributed by atoms with Crippen LogP contribution in [0.25, 0.3) is 0 Å². The third kappa shape index (κ3) is 4.00. The number of fused-ring (bicyclic) bond motifs is 4. The maximum absolute atomic E-state index is 12.8. The second kappa shape index (κ2) is 7.36. The number of rotatable bonds is 6. The Morgan fingerprint density at radius 2 is 2.08 bits per heavy atom. The molecule has 3 aliphatic heterocycles. The Balaban J connectivity index is 1.40. The zero-order valence-corrected chi connectivity index (χ0v) is 15.3. The molecule has 6 heteroatoms. The molecule has 4 heterocycles. The first-order valence-electron chi connectivity index (χ1n) is 9.26. The molecule has 5 nitrogen and oxygen atoms in total. The van der Waals surface area contributed by atoms with Gasteiger partial charge in [0.2, 0.25) is 11.8 Å². The molecule has 25 heavy (non-hydrogen) atoms. The summed E-state index contributed by atoms with van der Waals surface area (Å²) < 4.78 is 0. The van der Waals surface area contributed by atoms with Crippen LogP contribution in [0.3, 0.4) is 0 Å². The van der Waals surface area contributed by atoms with E-state index in [1.165, 1.54) is 12.8 Å². The lowest BCUT2D eigenvalue weighted by molar-refractivity contribution is -0.140. The molecule has 2 unspecified atom stereocenters. The first-order valence-corrected chi connectivity index (χ1v) is 10.4. The van der Waals surface area contributed by atoms with E-state index in [1.54, 1.807) is 18.0 Å². The number of hydrogen-bond donors (Lipinski definition) is 0. The van der Waals surface area contributed by atoms with E-state index in [-0.39, 0.29) is 23.8 Å². The van der Waals surface area contributed by atoms with Crippen molar-refractivity contribution in [3.63, 3.8) is 0 Å². The highest BCUT2D eigenvalue weighted by Crippen LogP contribution is 2.33. The number of thioether (sulfide) groups is 1. The zero-order chi connectivity index (χ0) is 17.2. The van der Waals surface area contributed by atoms with Crippen LogP contribution in [-0.4, -0.2) is 57.2 Å². The number of piperidine rings is 1. The fourth-order valence-corrected chi connectivity index (χ4v) is 4.95. The Labute approximate surface area is 153 Å². The SMILES string of the molecule is O=C(CSCC1CC1)N1CC2CCC(C1)N(Cc1ccccn1)C2=O. The Bertz CT molecular complexity index is 635. The number of aromatic nitrogens is 1. The van der Waals surface area contributed by atoms with Crippen molar-refractivity contribution < 1.29 is 9.59 Å². The summed E-state index contributed by atoms with van der Waals surface area (Å²) in [5.41, 5.74) is 0.918. The third-order valence-corrected chi connectivity index (χ3v) is 6.64. The highest BCUT2D eigenvalue weighted by molar-refractivity contribution is 7.99. The lowest BCUT2D eigenvalue weighted by Gasteiger charge is -2.35. The average Bonchev–Trinajstić information content (AvgIpc) is 3.46. The maximum Gasteiger partial charge on any atom is 0.232 e. The monoisotopic (exact) mass is 359 g/mol. The Kier molecular flexibility index (Phi) is 4.97. The van der Waals surface area contributed by atoms with Crippen LogP contribution in [0, 0.1) is 11.8 Å². The Morgan fingerprint density at radius 1 is 1.20 bits per heavy atom. The molecule has 2 amide bonds. The van der Waals surface area contributed by atoms with Gasteiger partial charge in [0.05, 0.1) is 23.9 Å². The van der Waals surface area contributed by atoms with Gasteiger partial charge in [0.15, 0.2) is 0 Å². The molecule has 1 aliphatic carbocycles. The molecule has 5 rings (SSSR count). The molecule has 0 aromatic carbocycles. The number of hydrogen-bond acceptors (Lipinski definition) is 4. The van der Waals surface area contributed by atoms with Crippen LogP contribution in [-0.2, 0) is 16.1 Å². The van der Waals surface area contributed by atoms with Crippen molar-refractivity contribution in [3.8, 4) is 0 Å². The third-order valence-electron chi connectivity index (χ3n) is 5.48. The summed E-state index contributed by atoms with van der Waals surface area (Å²) in [6.45, 7) is 1.83. The largest absolute Gasteiger partial charge is 0.339 e. The first-order chi connectivity index (χ1) is 12.2. The molecule has 1 saturated carbocycles. The highest BCUT2D eigenvalue weighted by Gasteiger charge is 2.41. The Morgan fingerprint density at radius 3 is 2.84 bits per heavy atom. The predicted molar refractivity (Wildman–Crippen MR) is 97.9 cm³/mol. The standard InChI is InChI=1S/C19H25N3O2S/c23-18(13-25-12-14-4-5-14)21-9-15-6-7-17(11-21)22(19(15)24)10-16-3-1-2-8-20-16/h1-3,8,14-15,17H,4-7,9-13H2. The van der Waals surface area contributed by atoms with Crippen LogP contribution in [0.5, 0.6) is 0 Å². The van der Waals surface area contributed by atoms with Gasteiger partial charge >= 0.3 is 0 Å². The highest BCUT2D eigenvalue weighted by atomic mass is 32.2. The second-order valence-electron chi connectivity index (χ2n) is 7.47. The van der Waals surface area contributed by atoms with Crippen molar-refractivity contribution >= 4 is 23.6 Å². The average molecular weight is 359 g/mol. The van der Waals surface area contributed by atoms with Gasteiger partial charge in [-0.25, -0.2) is 0 Å². The molecule has 0 spiro atoms. The van der Waals surface area contributed by atoms with Crippen LogP contribution < -0.4 is 0 Å². The summed E-state index contributed by atoms with van der Waals surface area (Å²) in [7, 11) is 0. The van der Waals surface area contributed by atoms with Gasteiger partial charge in [0, 0.05) is 25.3 Å². The van der Waals surface area contributed by atoms with Gasteiger partial charge in [0.25, 0.3) is 0 Å². The van der Waals surface area contributed by atoms with Crippen molar-refractivity contribution in [1.82, 2.24) is 14.8 Å². The molecule has 134 valence electrons. The van der Waals surface area contributed by atoms with Crippen molar-refractivity contribution in [3.05, 3.63) is 30.1 Å². The molecule has 4 fully saturated rings. The van der Waals surface area contributed by atoms with Crippen molar-refractivity contribution in [1.29, 1.82) is 0 Å². The minimum absolute atomic E-state index is 0.0418. The van der Waals surface area contributed by atoms with E-state index in [2.05, 4.69) is 4.98 Å². The summed E-state index contributed by atoms with van der Waals surface area (Å²) in [5.74, 6) is 2.87. The van der Waals surface area contributed by atoms with Gasteiger partial charge in [-0.3, -0.25) is 14.6 Å². The summed E-state index contributed by atoms with van der Waals surface area (Å²) >= 11 is 1.76. The van der Waals surface area contributed by atoms with Gasteiger partial charge in [-0.1, -0.05) is 6.07 Å². The van der Waals surface area contributed by atoms with E-state index >= 15 is 0 Å². The van der Waals surface area contributed by atoms with Crippen molar-refractivity contribution in [2.24, 2.45) is 11.8 Å². The maximum atomic E-state index is 12.8. The summed E-state index contributed by atoms with van der Waals surface area (Å²) in [6.07, 6.45) is 6.31. The predicted octanol–water partition coefficient (Wildman–Crippen LogP) is 2.17. The Hall–Kier alpha value is -1.56. The van der Waals surface area contributed by atoms with Crippen molar-refractivity contribution in [2.45, 2.75) is 38.3 Å². The fraction of sp³-hybridized carbons (Fsp3) is 0.632. The fourth-order valence-electron chi connectivity index (χ4n) is 3.81. The van der Waals surface area contributed by atoms with E-state index in [0.717, 1.165) is 30.2 Å². The van der Waals surface area contributed by atoms with Crippen LogP contribution in [0.15, 0.2) is 24.4 Å². The van der Waals surface area contributed by atoms with E-state index in [4.69, 9.17) is 0 Å². The van der Waals surface area contributed by atoms with Gasteiger partial charge < -0.3 is 9.80 Å². The zero-order valence-electron chi connectivity index (χ0n) is 14.5. The van der Waals surface area contributed by atoms with Crippen LogP contribution >= 0.6 is 11.8 Å². The van der Waals surface area contributed by atoms with E-state index in [1.807, 2.05) is 28.0 Å². The molecule has 1 aromatic heterocycles. The number of amides is 2. The van der Waals surface area contributed by atoms with E-state index in [9.17, 15) is 9.59 Å². The number of pyridine rings is 1. The topological polar surface area (TPSA) is 53.5 Å². The molecular weight excluding hydrogens is 334 g/mol. The summed E-state index contributed by atoms with van der Waals surface area (Å²) in [4.78, 5) is 33.7. The molecule has 2 bridgehead atoms. The number of nitrogens with zero attached hydrogens (tertiary/aromatic N) is 3. The lowest BCUT2D eigenvalue weighted by atomic mass is 9.94. The number of carbonyl (C=O) groups is 2. The minimum atomic E-state index is -0.0418. The smallest absolute Gasteiger partial charge is 0.232 e. The number of carbonyl (C=O) groups excluding carboxylic acids is 2. The lowest BCUT2D eigenvalue weighted by Crippen LogP contribution is -2.47. The molecule has 1 aromatic rings. The van der Waals surface area contributed by atoms with Gasteiger partial charge in [0.1, 0.15) is 0 Å². The molecule has 0 N–H and O–H groups in total. The van der Waals surface area contributed by atoms with Crippen LogP contribution in [0.1, 0.15) is 31.4 Å². The molecule has 3 saturated heterocycles. The molecule has 0 radical (unpaired) electrons. The first kappa shape index (κ1) is 16.9. The van der Waals surface area contributed by atoms with E-state index in [0.29, 0.717) is 25.4 Å². The normalized spacial score (nSPS) is 26.0. The van der Waals surface area contributed by atoms with Gasteiger partial charge in [-0.2, -0.15) is 11.8 Å². The quantitative estimate of drug-likeness (QED) is 0.781. The second-order valence-corrected chi connectivity index (χ2v) is 8.50. The van der Waals surface area contributed by atoms with Crippen LogP contribution in [0.4, 0.5) is 0 Å². The van der Waals surface area contributed by atoms with Gasteiger partial charge in [-0.15, -0.1) is 0 Å². The minimum Gasteiger partial charge on any atom is -0.339 e. The van der Waals surface area contributed by atoms with Crippen LogP contribution in [0.2, 0.25) is 0 Å². The molecule has 4 aliphatic rings. The van der Waals surface area contributed by atoms with E-state index < -0.39 is 0 Å². The summed E-state index contributed by atoms with van der Waals surface area (Å²) in [6, 6.07) is 5.93. The molecule has 2 atom stereocenters. The van der Waals surface area contributed by atoms with Crippen molar-refractivity contribution in [2.75, 3.05) is 24.6 Å². The van der Waals surface area contributed by atoms with Gasteiger partial charge in [-0.05, 0) is 49.5 Å². The summed E-state index contributed by atoms with van der Waals surface area (Å²) in [5, 5.41) is 0. The molecular formula is C19H25N3O2S.